The zero-order valence-corrected chi connectivity index (χ0v) is 16.3. The molecule has 0 saturated heterocycles. The number of likely N-dealkylation sites (N-methyl/N-ethyl adjacent to an activating group) is 1. The molecule has 1 amide bonds. The molecule has 27 heavy (non-hydrogen) atoms. The van der Waals surface area contributed by atoms with Gasteiger partial charge in [-0.3, -0.25) is 9.69 Å². The second-order valence-corrected chi connectivity index (χ2v) is 6.77. The average Bonchev–Trinajstić information content (AvgIpc) is 2.71. The van der Waals surface area contributed by atoms with Crippen molar-refractivity contribution in [2.45, 2.75) is 25.8 Å². The van der Waals surface area contributed by atoms with Crippen LogP contribution >= 0.6 is 0 Å². The van der Waals surface area contributed by atoms with Crippen molar-refractivity contribution < 1.29 is 14.3 Å². The molecule has 0 saturated carbocycles. The topological polar surface area (TPSA) is 50.8 Å². The van der Waals surface area contributed by atoms with Crippen molar-refractivity contribution >= 4 is 5.91 Å². The van der Waals surface area contributed by atoms with Gasteiger partial charge in [-0.05, 0) is 41.8 Å². The van der Waals surface area contributed by atoms with Crippen LogP contribution in [0.25, 0.3) is 0 Å². The summed E-state index contributed by atoms with van der Waals surface area (Å²) in [6, 6.07) is 14.1. The summed E-state index contributed by atoms with van der Waals surface area (Å²) in [5.74, 6) is 1.53. The van der Waals surface area contributed by atoms with Gasteiger partial charge in [-0.2, -0.15) is 0 Å². The highest BCUT2D eigenvalue weighted by Crippen LogP contribution is 2.37. The van der Waals surface area contributed by atoms with Crippen LogP contribution in [-0.2, 0) is 17.6 Å². The maximum absolute atomic E-state index is 12.4. The molecular weight excluding hydrogens is 340 g/mol. The number of rotatable bonds is 7. The van der Waals surface area contributed by atoms with Crippen molar-refractivity contribution in [2.75, 3.05) is 33.9 Å². The van der Waals surface area contributed by atoms with Gasteiger partial charge in [0.15, 0.2) is 11.5 Å². The molecule has 1 aliphatic heterocycles. The number of nitrogens with zero attached hydrogens (tertiary/aromatic N) is 1. The van der Waals surface area contributed by atoms with Crippen molar-refractivity contribution in [3.8, 4) is 11.5 Å². The monoisotopic (exact) mass is 368 g/mol. The van der Waals surface area contributed by atoms with Crippen LogP contribution in [0, 0.1) is 0 Å². The Kier molecular flexibility index (Phi) is 6.35. The largest absolute Gasteiger partial charge is 0.493 e. The second kappa shape index (κ2) is 8.91. The normalized spacial score (nSPS) is 16.5. The lowest BCUT2D eigenvalue weighted by molar-refractivity contribution is -0.120. The van der Waals surface area contributed by atoms with Crippen molar-refractivity contribution in [1.29, 1.82) is 0 Å². The smallest absolute Gasteiger partial charge is 0.224 e. The predicted molar refractivity (Wildman–Crippen MR) is 106 cm³/mol. The van der Waals surface area contributed by atoms with E-state index in [0.29, 0.717) is 13.0 Å². The van der Waals surface area contributed by atoms with Crippen molar-refractivity contribution in [2.24, 2.45) is 0 Å². The number of hydrogen-bond acceptors (Lipinski definition) is 4. The summed E-state index contributed by atoms with van der Waals surface area (Å²) < 4.78 is 10.9. The van der Waals surface area contributed by atoms with Gasteiger partial charge >= 0.3 is 0 Å². The maximum atomic E-state index is 12.4. The van der Waals surface area contributed by atoms with Crippen LogP contribution in [0.4, 0.5) is 0 Å². The lowest BCUT2D eigenvalue weighted by Gasteiger charge is -2.37. The quantitative estimate of drug-likeness (QED) is 0.816. The molecule has 2 aromatic carbocycles. The van der Waals surface area contributed by atoms with Crippen LogP contribution in [-0.4, -0.2) is 44.7 Å². The Balaban J connectivity index is 1.76. The van der Waals surface area contributed by atoms with Gasteiger partial charge in [0.05, 0.1) is 26.7 Å². The first-order valence-electron chi connectivity index (χ1n) is 9.45. The van der Waals surface area contributed by atoms with E-state index in [0.717, 1.165) is 36.6 Å². The number of carbonyl (C=O) groups excluding carboxylic acids is 1. The molecule has 0 bridgehead atoms. The molecule has 0 radical (unpaired) electrons. The fraction of sp³-hybridized carbons (Fsp3) is 0.409. The molecule has 5 nitrogen and oxygen atoms in total. The van der Waals surface area contributed by atoms with Gasteiger partial charge in [0.1, 0.15) is 0 Å². The molecule has 3 rings (SSSR count). The lowest BCUT2D eigenvalue weighted by Crippen LogP contribution is -2.42. The van der Waals surface area contributed by atoms with Gasteiger partial charge in [-0.1, -0.05) is 37.3 Å². The van der Waals surface area contributed by atoms with E-state index in [9.17, 15) is 4.79 Å². The van der Waals surface area contributed by atoms with Crippen LogP contribution in [0.3, 0.4) is 0 Å². The van der Waals surface area contributed by atoms with Crippen LogP contribution in [0.5, 0.6) is 11.5 Å². The van der Waals surface area contributed by atoms with Crippen LogP contribution in [0.1, 0.15) is 29.7 Å². The first-order valence-corrected chi connectivity index (χ1v) is 9.45. The summed E-state index contributed by atoms with van der Waals surface area (Å²) in [6.45, 7) is 4.65. The van der Waals surface area contributed by atoms with Crippen LogP contribution in [0.15, 0.2) is 42.5 Å². The minimum atomic E-state index is 0.0462. The number of nitrogens with one attached hydrogen (secondary N) is 1. The second-order valence-electron chi connectivity index (χ2n) is 6.77. The Bertz CT molecular complexity index is 777. The summed E-state index contributed by atoms with van der Waals surface area (Å²) in [5.41, 5.74) is 3.50. The number of carbonyl (C=O) groups is 1. The first kappa shape index (κ1) is 19.2. The minimum absolute atomic E-state index is 0.0462. The molecule has 1 N–H and O–H groups in total. The summed E-state index contributed by atoms with van der Waals surface area (Å²) in [6.07, 6.45) is 1.37. The third kappa shape index (κ3) is 4.42. The van der Waals surface area contributed by atoms with Crippen molar-refractivity contribution in [1.82, 2.24) is 10.2 Å². The van der Waals surface area contributed by atoms with E-state index in [1.165, 1.54) is 11.1 Å². The third-order valence-corrected chi connectivity index (χ3v) is 5.22. The fourth-order valence-electron chi connectivity index (χ4n) is 3.75. The molecule has 0 fully saturated rings. The summed E-state index contributed by atoms with van der Waals surface area (Å²) >= 11 is 0. The van der Waals surface area contributed by atoms with Crippen molar-refractivity contribution in [3.05, 3.63) is 59.2 Å². The number of ether oxygens (including phenoxy) is 2. The molecule has 1 heterocycles. The summed E-state index contributed by atoms with van der Waals surface area (Å²) in [7, 11) is 3.31. The molecule has 1 unspecified atom stereocenters. The van der Waals surface area contributed by atoms with Gasteiger partial charge in [-0.25, -0.2) is 0 Å². The van der Waals surface area contributed by atoms with E-state index in [1.807, 2.05) is 30.3 Å². The van der Waals surface area contributed by atoms with E-state index >= 15 is 0 Å². The highest BCUT2D eigenvalue weighted by Gasteiger charge is 2.28. The molecule has 0 aliphatic carbocycles. The highest BCUT2D eigenvalue weighted by molar-refractivity contribution is 5.78. The highest BCUT2D eigenvalue weighted by atomic mass is 16.5. The Labute approximate surface area is 161 Å². The molecule has 1 atom stereocenters. The molecule has 1 aliphatic rings. The zero-order chi connectivity index (χ0) is 19.2. The summed E-state index contributed by atoms with van der Waals surface area (Å²) in [4.78, 5) is 14.8. The molecular formula is C22H28N2O3. The Hall–Kier alpha value is -2.53. The van der Waals surface area contributed by atoms with Gasteiger partial charge in [0.2, 0.25) is 5.91 Å². The predicted octanol–water partition coefficient (Wildman–Crippen LogP) is 2.98. The molecule has 2 aromatic rings. The summed E-state index contributed by atoms with van der Waals surface area (Å²) in [5, 5.41) is 3.12. The van der Waals surface area contributed by atoms with Crippen LogP contribution < -0.4 is 14.8 Å². The number of benzene rings is 2. The number of hydrogen-bond donors (Lipinski definition) is 1. The molecule has 0 spiro atoms. The van der Waals surface area contributed by atoms with E-state index in [-0.39, 0.29) is 11.9 Å². The van der Waals surface area contributed by atoms with E-state index in [2.05, 4.69) is 29.3 Å². The van der Waals surface area contributed by atoms with E-state index in [1.54, 1.807) is 14.2 Å². The number of amides is 1. The van der Waals surface area contributed by atoms with Crippen molar-refractivity contribution in [3.63, 3.8) is 0 Å². The number of methoxy groups -OCH3 is 2. The first-order chi connectivity index (χ1) is 13.2. The Morgan fingerprint density at radius 2 is 1.85 bits per heavy atom. The third-order valence-electron chi connectivity index (χ3n) is 5.22. The molecule has 5 heteroatoms. The molecule has 144 valence electrons. The maximum Gasteiger partial charge on any atom is 0.224 e. The van der Waals surface area contributed by atoms with E-state index < -0.39 is 0 Å². The standard InChI is InChI=1S/C22H28N2O3/c1-4-24-11-10-17-13-20(26-2)21(27-3)14-18(17)19(24)15-23-22(25)12-16-8-6-5-7-9-16/h5-9,13-14,19H,4,10-12,15H2,1-3H3,(H,23,25). The van der Waals surface area contributed by atoms with E-state index in [4.69, 9.17) is 9.47 Å². The van der Waals surface area contributed by atoms with Gasteiger partial charge < -0.3 is 14.8 Å². The minimum Gasteiger partial charge on any atom is -0.493 e. The van der Waals surface area contributed by atoms with Crippen LogP contribution in [0.2, 0.25) is 0 Å². The Morgan fingerprint density at radius 1 is 1.15 bits per heavy atom. The fourth-order valence-corrected chi connectivity index (χ4v) is 3.75. The molecule has 0 aromatic heterocycles. The lowest BCUT2D eigenvalue weighted by atomic mass is 9.91. The average molecular weight is 368 g/mol. The van der Waals surface area contributed by atoms with Gasteiger partial charge in [0.25, 0.3) is 0 Å². The Morgan fingerprint density at radius 3 is 2.52 bits per heavy atom. The zero-order valence-electron chi connectivity index (χ0n) is 16.3. The van der Waals surface area contributed by atoms with Gasteiger partial charge in [0, 0.05) is 13.1 Å². The SMILES string of the molecule is CCN1CCc2cc(OC)c(OC)cc2C1CNC(=O)Cc1ccccc1. The number of fused-ring (bicyclic) bond motifs is 1. The van der Waals surface area contributed by atoms with Gasteiger partial charge in [-0.15, -0.1) is 0 Å².